The molecule has 1 aliphatic rings. The molecule has 1 nitrogen and oxygen atoms in total. The average Bonchev–Trinajstić information content (AvgIpc) is 2.73. The maximum Gasteiger partial charge on any atom is 0.0314 e. The van der Waals surface area contributed by atoms with Gasteiger partial charge in [-0.05, 0) is 48.7 Å². The lowest BCUT2D eigenvalue weighted by Crippen LogP contribution is -2.38. The second-order valence-electron chi connectivity index (χ2n) is 4.74. The third-order valence-electron chi connectivity index (χ3n) is 3.30. The van der Waals surface area contributed by atoms with E-state index in [0.717, 1.165) is 6.54 Å². The van der Waals surface area contributed by atoms with Gasteiger partial charge in [0.1, 0.15) is 0 Å². The van der Waals surface area contributed by atoms with Crippen LogP contribution in [-0.2, 0) is 6.54 Å². The number of aryl methyl sites for hydroxylation is 1. The van der Waals surface area contributed by atoms with Crippen LogP contribution in [0.1, 0.15) is 42.4 Å². The van der Waals surface area contributed by atoms with Crippen molar-refractivity contribution in [3.63, 3.8) is 0 Å². The molecule has 0 unspecified atom stereocenters. The standard InChI is InChI=1S/C12H18BrNS/c1-9-11(13)7-10(15-9)8-14-12(2)5-3-4-6-12/h7,14H,3-6,8H2,1-2H3. The SMILES string of the molecule is Cc1sc(CNC2(C)CCCC2)cc1Br. The van der Waals surface area contributed by atoms with Crippen molar-refractivity contribution in [1.82, 2.24) is 5.32 Å². The second-order valence-corrected chi connectivity index (χ2v) is 6.93. The maximum atomic E-state index is 3.70. The minimum atomic E-state index is 0.393. The molecule has 1 fully saturated rings. The van der Waals surface area contributed by atoms with Crippen molar-refractivity contribution in [3.05, 3.63) is 20.3 Å². The fourth-order valence-electron chi connectivity index (χ4n) is 2.24. The zero-order valence-corrected chi connectivity index (χ0v) is 11.8. The summed E-state index contributed by atoms with van der Waals surface area (Å²) in [6.07, 6.45) is 5.43. The first kappa shape index (κ1) is 11.6. The molecule has 1 N–H and O–H groups in total. The summed E-state index contributed by atoms with van der Waals surface area (Å²) in [5.41, 5.74) is 0.393. The Bertz CT molecular complexity index is 320. The Kier molecular flexibility index (Phi) is 3.53. The predicted molar refractivity (Wildman–Crippen MR) is 70.5 cm³/mol. The first-order valence-electron chi connectivity index (χ1n) is 5.59. The molecule has 0 spiro atoms. The van der Waals surface area contributed by atoms with Crippen LogP contribution in [0.5, 0.6) is 0 Å². The molecule has 1 aromatic rings. The van der Waals surface area contributed by atoms with Gasteiger partial charge in [-0.15, -0.1) is 11.3 Å². The van der Waals surface area contributed by atoms with Gasteiger partial charge in [-0.25, -0.2) is 0 Å². The Morgan fingerprint density at radius 2 is 2.13 bits per heavy atom. The van der Waals surface area contributed by atoms with E-state index in [-0.39, 0.29) is 0 Å². The highest BCUT2D eigenvalue weighted by atomic mass is 79.9. The lowest BCUT2D eigenvalue weighted by Gasteiger charge is -2.24. The van der Waals surface area contributed by atoms with Crippen molar-refractivity contribution >= 4 is 27.3 Å². The van der Waals surface area contributed by atoms with Crippen LogP contribution in [0.15, 0.2) is 10.5 Å². The molecule has 0 aliphatic heterocycles. The zero-order chi connectivity index (χ0) is 10.9. The highest BCUT2D eigenvalue weighted by Crippen LogP contribution is 2.31. The van der Waals surface area contributed by atoms with E-state index < -0.39 is 0 Å². The largest absolute Gasteiger partial charge is 0.307 e. The van der Waals surface area contributed by atoms with Crippen molar-refractivity contribution in [2.75, 3.05) is 0 Å². The lowest BCUT2D eigenvalue weighted by atomic mass is 10.0. The van der Waals surface area contributed by atoms with Crippen LogP contribution >= 0.6 is 27.3 Å². The number of halogens is 1. The molecule has 1 heterocycles. The van der Waals surface area contributed by atoms with E-state index >= 15 is 0 Å². The highest BCUT2D eigenvalue weighted by Gasteiger charge is 2.27. The van der Waals surface area contributed by atoms with Gasteiger partial charge in [-0.2, -0.15) is 0 Å². The third-order valence-corrected chi connectivity index (χ3v) is 5.44. The van der Waals surface area contributed by atoms with Crippen molar-refractivity contribution in [3.8, 4) is 0 Å². The molecule has 0 bridgehead atoms. The summed E-state index contributed by atoms with van der Waals surface area (Å²) < 4.78 is 1.25. The third kappa shape index (κ3) is 2.83. The molecule has 15 heavy (non-hydrogen) atoms. The molecular weight excluding hydrogens is 270 g/mol. The normalized spacial score (nSPS) is 19.7. The van der Waals surface area contributed by atoms with Crippen LogP contribution in [0.3, 0.4) is 0 Å². The topological polar surface area (TPSA) is 12.0 Å². The van der Waals surface area contributed by atoms with Gasteiger partial charge in [-0.3, -0.25) is 0 Å². The van der Waals surface area contributed by atoms with Gasteiger partial charge in [-0.1, -0.05) is 12.8 Å². The molecule has 2 rings (SSSR count). The molecule has 0 atom stereocenters. The van der Waals surface area contributed by atoms with E-state index in [2.05, 4.69) is 41.2 Å². The fourth-order valence-corrected chi connectivity index (χ4v) is 3.78. The Labute approximate surface area is 104 Å². The quantitative estimate of drug-likeness (QED) is 0.877. The molecule has 3 heteroatoms. The summed E-state index contributed by atoms with van der Waals surface area (Å²) in [4.78, 5) is 2.82. The number of hydrogen-bond acceptors (Lipinski definition) is 2. The monoisotopic (exact) mass is 287 g/mol. The van der Waals surface area contributed by atoms with E-state index in [1.165, 1.54) is 39.9 Å². The van der Waals surface area contributed by atoms with E-state index in [1.807, 2.05) is 11.3 Å². The van der Waals surface area contributed by atoms with Crippen LogP contribution in [0.4, 0.5) is 0 Å². The molecule has 1 saturated carbocycles. The van der Waals surface area contributed by atoms with E-state index in [0.29, 0.717) is 5.54 Å². The van der Waals surface area contributed by atoms with Crippen LogP contribution in [-0.4, -0.2) is 5.54 Å². The summed E-state index contributed by atoms with van der Waals surface area (Å²) in [6.45, 7) is 5.54. The maximum absolute atomic E-state index is 3.70. The van der Waals surface area contributed by atoms with Gasteiger partial charge >= 0.3 is 0 Å². The summed E-state index contributed by atoms with van der Waals surface area (Å²) in [5, 5.41) is 3.70. The molecular formula is C12H18BrNS. The first-order chi connectivity index (χ1) is 7.09. The summed E-state index contributed by atoms with van der Waals surface area (Å²) in [6, 6.07) is 2.24. The predicted octanol–water partition coefficient (Wildman–Crippen LogP) is 4.24. The number of rotatable bonds is 3. The summed E-state index contributed by atoms with van der Waals surface area (Å²) >= 11 is 5.45. The fraction of sp³-hybridized carbons (Fsp3) is 0.667. The molecule has 1 aliphatic carbocycles. The zero-order valence-electron chi connectivity index (χ0n) is 9.40. The van der Waals surface area contributed by atoms with Gasteiger partial charge in [0.25, 0.3) is 0 Å². The summed E-state index contributed by atoms with van der Waals surface area (Å²) in [7, 11) is 0. The van der Waals surface area contributed by atoms with Crippen molar-refractivity contribution < 1.29 is 0 Å². The van der Waals surface area contributed by atoms with Crippen molar-refractivity contribution in [1.29, 1.82) is 0 Å². The average molecular weight is 288 g/mol. The Morgan fingerprint density at radius 3 is 2.67 bits per heavy atom. The van der Waals surface area contributed by atoms with Crippen molar-refractivity contribution in [2.45, 2.75) is 51.6 Å². The van der Waals surface area contributed by atoms with Gasteiger partial charge in [0.2, 0.25) is 0 Å². The number of thiophene rings is 1. The van der Waals surface area contributed by atoms with Gasteiger partial charge < -0.3 is 5.32 Å². The molecule has 0 aromatic carbocycles. The minimum absolute atomic E-state index is 0.393. The van der Waals surface area contributed by atoms with Crippen molar-refractivity contribution in [2.24, 2.45) is 0 Å². The summed E-state index contributed by atoms with van der Waals surface area (Å²) in [5.74, 6) is 0. The van der Waals surface area contributed by atoms with Gasteiger partial charge in [0.15, 0.2) is 0 Å². The molecule has 1 aromatic heterocycles. The second kappa shape index (κ2) is 4.56. The Morgan fingerprint density at radius 1 is 1.47 bits per heavy atom. The van der Waals surface area contributed by atoms with Gasteiger partial charge in [0, 0.05) is 26.3 Å². The highest BCUT2D eigenvalue weighted by molar-refractivity contribution is 9.10. The van der Waals surface area contributed by atoms with E-state index in [4.69, 9.17) is 0 Å². The smallest absolute Gasteiger partial charge is 0.0314 e. The van der Waals surface area contributed by atoms with Crippen LogP contribution in [0.2, 0.25) is 0 Å². The van der Waals surface area contributed by atoms with Crippen LogP contribution < -0.4 is 5.32 Å². The first-order valence-corrected chi connectivity index (χ1v) is 7.20. The van der Waals surface area contributed by atoms with E-state index in [1.54, 1.807) is 0 Å². The molecule has 84 valence electrons. The van der Waals surface area contributed by atoms with Crippen LogP contribution in [0.25, 0.3) is 0 Å². The van der Waals surface area contributed by atoms with E-state index in [9.17, 15) is 0 Å². The molecule has 0 radical (unpaired) electrons. The Hall–Kier alpha value is 0.140. The van der Waals surface area contributed by atoms with Gasteiger partial charge in [0.05, 0.1) is 0 Å². The lowest BCUT2D eigenvalue weighted by molar-refractivity contribution is 0.364. The molecule has 0 amide bonds. The molecule has 0 saturated heterocycles. The van der Waals surface area contributed by atoms with Crippen LogP contribution in [0, 0.1) is 6.92 Å². The Balaban J connectivity index is 1.92. The number of nitrogens with one attached hydrogen (secondary N) is 1. The number of hydrogen-bond donors (Lipinski definition) is 1. The minimum Gasteiger partial charge on any atom is -0.307 e.